The van der Waals surface area contributed by atoms with Crippen molar-refractivity contribution in [3.63, 3.8) is 0 Å². The molecule has 0 aromatic heterocycles. The molecule has 0 spiro atoms. The van der Waals surface area contributed by atoms with Gasteiger partial charge in [0.15, 0.2) is 0 Å². The first-order valence-electron chi connectivity index (χ1n) is 7.92. The Morgan fingerprint density at radius 1 is 1.08 bits per heavy atom. The highest BCUT2D eigenvalue weighted by Crippen LogP contribution is 2.15. The molecule has 0 aliphatic rings. The largest absolute Gasteiger partial charge is 0.497 e. The second-order valence-corrected chi connectivity index (χ2v) is 7.31. The summed E-state index contributed by atoms with van der Waals surface area (Å²) >= 11 is 0. The molecule has 2 rings (SSSR count). The van der Waals surface area contributed by atoms with Crippen molar-refractivity contribution in [2.45, 2.75) is 18.4 Å². The van der Waals surface area contributed by atoms with Gasteiger partial charge in [-0.15, -0.1) is 0 Å². The van der Waals surface area contributed by atoms with Gasteiger partial charge in [-0.2, -0.15) is 4.31 Å². The van der Waals surface area contributed by atoms with Crippen molar-refractivity contribution in [2.75, 3.05) is 20.2 Å². The van der Waals surface area contributed by atoms with Gasteiger partial charge < -0.3 is 10.1 Å². The number of likely N-dealkylation sites (N-methyl/N-ethyl adjacent to an activating group) is 1. The third-order valence-electron chi connectivity index (χ3n) is 3.70. The van der Waals surface area contributed by atoms with Crippen LogP contribution in [0.4, 0.5) is 0 Å². The van der Waals surface area contributed by atoms with Crippen LogP contribution in [0.15, 0.2) is 59.5 Å². The summed E-state index contributed by atoms with van der Waals surface area (Å²) in [5.41, 5.74) is 0.906. The highest BCUT2D eigenvalue weighted by molar-refractivity contribution is 7.89. The highest BCUT2D eigenvalue weighted by atomic mass is 32.2. The van der Waals surface area contributed by atoms with Crippen LogP contribution in [0.5, 0.6) is 5.75 Å². The van der Waals surface area contributed by atoms with Gasteiger partial charge >= 0.3 is 0 Å². The van der Waals surface area contributed by atoms with Gasteiger partial charge in [-0.1, -0.05) is 37.3 Å². The first-order valence-corrected chi connectivity index (χ1v) is 9.36. The van der Waals surface area contributed by atoms with Crippen molar-refractivity contribution in [1.29, 1.82) is 0 Å². The Hall–Kier alpha value is -2.38. The molecule has 0 radical (unpaired) electrons. The minimum atomic E-state index is -3.68. The molecule has 0 aliphatic heterocycles. The van der Waals surface area contributed by atoms with Gasteiger partial charge in [-0.25, -0.2) is 8.42 Å². The van der Waals surface area contributed by atoms with Gasteiger partial charge in [0.25, 0.3) is 0 Å². The summed E-state index contributed by atoms with van der Waals surface area (Å²) < 4.78 is 31.4. The van der Waals surface area contributed by atoms with Gasteiger partial charge in [0.05, 0.1) is 18.6 Å². The third-order valence-corrected chi connectivity index (χ3v) is 5.64. The zero-order chi connectivity index (χ0) is 18.3. The Bertz CT molecular complexity index is 790. The molecule has 0 fully saturated rings. The molecule has 7 heteroatoms. The predicted octanol–water partition coefficient (Wildman–Crippen LogP) is 2.02. The topological polar surface area (TPSA) is 75.7 Å². The molecule has 6 nitrogen and oxygen atoms in total. The van der Waals surface area contributed by atoms with Crippen LogP contribution in [0.1, 0.15) is 12.5 Å². The number of amides is 1. The van der Waals surface area contributed by atoms with Crippen molar-refractivity contribution >= 4 is 15.9 Å². The molecule has 0 saturated heterocycles. The fraction of sp³-hybridized carbons (Fsp3) is 0.278. The fourth-order valence-corrected chi connectivity index (χ4v) is 3.69. The maximum atomic E-state index is 12.6. The van der Waals surface area contributed by atoms with Crippen molar-refractivity contribution in [1.82, 2.24) is 9.62 Å². The first-order chi connectivity index (χ1) is 12.0. The van der Waals surface area contributed by atoms with Crippen LogP contribution in [-0.2, 0) is 21.4 Å². The average Bonchev–Trinajstić information content (AvgIpc) is 2.65. The van der Waals surface area contributed by atoms with Crippen LogP contribution >= 0.6 is 0 Å². The normalized spacial score (nSPS) is 11.3. The SMILES string of the molecule is CCN(CC(=O)NCc1ccc(OC)cc1)S(=O)(=O)c1ccccc1. The van der Waals surface area contributed by atoms with Crippen LogP contribution < -0.4 is 10.1 Å². The third kappa shape index (κ3) is 5.04. The Morgan fingerprint density at radius 2 is 1.72 bits per heavy atom. The Labute approximate surface area is 148 Å². The zero-order valence-corrected chi connectivity index (χ0v) is 15.1. The summed E-state index contributed by atoms with van der Waals surface area (Å²) in [5, 5.41) is 2.74. The highest BCUT2D eigenvalue weighted by Gasteiger charge is 2.24. The number of nitrogens with one attached hydrogen (secondary N) is 1. The number of methoxy groups -OCH3 is 1. The van der Waals surface area contributed by atoms with E-state index in [1.54, 1.807) is 44.4 Å². The number of carbonyl (C=O) groups is 1. The van der Waals surface area contributed by atoms with Crippen molar-refractivity contribution in [3.05, 3.63) is 60.2 Å². The minimum Gasteiger partial charge on any atom is -0.497 e. The van der Waals surface area contributed by atoms with Crippen LogP contribution in [0, 0.1) is 0 Å². The van der Waals surface area contributed by atoms with Gasteiger partial charge in [0.1, 0.15) is 5.75 Å². The molecule has 25 heavy (non-hydrogen) atoms. The number of benzene rings is 2. The summed E-state index contributed by atoms with van der Waals surface area (Å²) in [6.45, 7) is 2.03. The lowest BCUT2D eigenvalue weighted by Gasteiger charge is -2.20. The Kier molecular flexibility index (Phi) is 6.55. The first kappa shape index (κ1) is 19.0. The molecule has 0 aliphatic carbocycles. The predicted molar refractivity (Wildman–Crippen MR) is 95.7 cm³/mol. The van der Waals surface area contributed by atoms with E-state index < -0.39 is 10.0 Å². The number of hydrogen-bond donors (Lipinski definition) is 1. The maximum absolute atomic E-state index is 12.6. The van der Waals surface area contributed by atoms with Gasteiger partial charge in [-0.3, -0.25) is 4.79 Å². The van der Waals surface area contributed by atoms with E-state index in [1.165, 1.54) is 12.1 Å². The van der Waals surface area contributed by atoms with Crippen LogP contribution in [0.25, 0.3) is 0 Å². The lowest BCUT2D eigenvalue weighted by Crippen LogP contribution is -2.40. The average molecular weight is 362 g/mol. The van der Waals surface area contributed by atoms with E-state index >= 15 is 0 Å². The lowest BCUT2D eigenvalue weighted by molar-refractivity contribution is -0.121. The molecule has 2 aromatic rings. The number of ether oxygens (including phenoxy) is 1. The Balaban J connectivity index is 1.97. The fourth-order valence-electron chi connectivity index (χ4n) is 2.27. The summed E-state index contributed by atoms with van der Waals surface area (Å²) in [6, 6.07) is 15.4. The lowest BCUT2D eigenvalue weighted by atomic mass is 10.2. The molecule has 1 amide bonds. The molecule has 0 bridgehead atoms. The quantitative estimate of drug-likeness (QED) is 0.780. The van der Waals surface area contributed by atoms with Crippen molar-refractivity contribution in [2.24, 2.45) is 0 Å². The zero-order valence-electron chi connectivity index (χ0n) is 14.3. The summed E-state index contributed by atoms with van der Waals surface area (Å²) in [4.78, 5) is 12.3. The summed E-state index contributed by atoms with van der Waals surface area (Å²) in [5.74, 6) is 0.387. The second-order valence-electron chi connectivity index (χ2n) is 5.37. The van der Waals surface area contributed by atoms with Crippen LogP contribution in [0.3, 0.4) is 0 Å². The summed E-state index contributed by atoms with van der Waals surface area (Å²) in [7, 11) is -2.10. The minimum absolute atomic E-state index is 0.180. The molecule has 2 aromatic carbocycles. The molecule has 1 N–H and O–H groups in total. The maximum Gasteiger partial charge on any atom is 0.243 e. The van der Waals surface area contributed by atoms with Gasteiger partial charge in [0, 0.05) is 13.1 Å². The van der Waals surface area contributed by atoms with Crippen LogP contribution in [-0.4, -0.2) is 38.8 Å². The number of hydrogen-bond acceptors (Lipinski definition) is 4. The van der Waals surface area contributed by atoms with E-state index in [-0.39, 0.29) is 23.9 Å². The number of carbonyl (C=O) groups excluding carboxylic acids is 1. The monoisotopic (exact) mass is 362 g/mol. The van der Waals surface area contributed by atoms with Gasteiger partial charge in [0.2, 0.25) is 15.9 Å². The van der Waals surface area contributed by atoms with Crippen LogP contribution in [0.2, 0.25) is 0 Å². The number of nitrogens with zero attached hydrogens (tertiary/aromatic N) is 1. The molecule has 0 heterocycles. The molecule has 0 unspecified atom stereocenters. The molecular formula is C18H22N2O4S. The van der Waals surface area contributed by atoms with E-state index in [1.807, 2.05) is 12.1 Å². The molecule has 0 saturated carbocycles. The Morgan fingerprint density at radius 3 is 2.28 bits per heavy atom. The van der Waals surface area contributed by atoms with Crippen molar-refractivity contribution in [3.8, 4) is 5.75 Å². The molecule has 134 valence electrons. The summed E-state index contributed by atoms with van der Waals surface area (Å²) in [6.07, 6.45) is 0. The van der Waals surface area contributed by atoms with E-state index in [9.17, 15) is 13.2 Å². The molecular weight excluding hydrogens is 340 g/mol. The standard InChI is InChI=1S/C18H22N2O4S/c1-3-20(25(22,23)17-7-5-4-6-8-17)14-18(21)19-13-15-9-11-16(24-2)12-10-15/h4-12H,3,13-14H2,1-2H3,(H,19,21). The van der Waals surface area contributed by atoms with E-state index in [4.69, 9.17) is 4.74 Å². The second kappa shape index (κ2) is 8.64. The van der Waals surface area contributed by atoms with E-state index in [2.05, 4.69) is 5.32 Å². The van der Waals surface area contributed by atoms with Crippen molar-refractivity contribution < 1.29 is 17.9 Å². The van der Waals surface area contributed by atoms with E-state index in [0.29, 0.717) is 6.54 Å². The van der Waals surface area contributed by atoms with E-state index in [0.717, 1.165) is 15.6 Å². The smallest absolute Gasteiger partial charge is 0.243 e. The number of sulfonamides is 1. The number of rotatable bonds is 8. The van der Waals surface area contributed by atoms with Gasteiger partial charge in [-0.05, 0) is 29.8 Å². The molecule has 0 atom stereocenters.